The Morgan fingerprint density at radius 2 is 1.90 bits per heavy atom. The first-order valence-corrected chi connectivity index (χ1v) is 8.78. The molecule has 1 heterocycles. The molecular formula is C19H28N2. The van der Waals surface area contributed by atoms with E-state index in [0.717, 1.165) is 17.9 Å². The van der Waals surface area contributed by atoms with E-state index >= 15 is 0 Å². The molecule has 114 valence electrons. The van der Waals surface area contributed by atoms with Crippen molar-refractivity contribution < 1.29 is 0 Å². The predicted octanol–water partition coefficient (Wildman–Crippen LogP) is 3.08. The third-order valence-corrected chi connectivity index (χ3v) is 6.02. The summed E-state index contributed by atoms with van der Waals surface area (Å²) in [6, 6.07) is 11.8. The van der Waals surface area contributed by atoms with Crippen molar-refractivity contribution in [2.45, 2.75) is 50.6 Å². The summed E-state index contributed by atoms with van der Waals surface area (Å²) < 4.78 is 0. The Morgan fingerprint density at radius 1 is 1.14 bits per heavy atom. The highest BCUT2D eigenvalue weighted by atomic mass is 15.3. The molecule has 0 bridgehead atoms. The number of rotatable bonds is 5. The van der Waals surface area contributed by atoms with Crippen LogP contribution in [0.5, 0.6) is 0 Å². The van der Waals surface area contributed by atoms with Gasteiger partial charge >= 0.3 is 0 Å². The molecule has 0 aromatic heterocycles. The number of hydrogen-bond acceptors (Lipinski definition) is 2. The predicted molar refractivity (Wildman–Crippen MR) is 87.4 cm³/mol. The maximum atomic E-state index is 3.88. The molecule has 4 rings (SSSR count). The highest BCUT2D eigenvalue weighted by Crippen LogP contribution is 2.45. The molecule has 1 aromatic carbocycles. The summed E-state index contributed by atoms with van der Waals surface area (Å²) in [5.74, 6) is 1.90. The average Bonchev–Trinajstić information content (AvgIpc) is 3.40. The van der Waals surface area contributed by atoms with Crippen molar-refractivity contribution in [3.63, 3.8) is 0 Å². The number of nitrogens with one attached hydrogen (secondary N) is 1. The van der Waals surface area contributed by atoms with Gasteiger partial charge in [0.15, 0.2) is 0 Å². The zero-order valence-electron chi connectivity index (χ0n) is 13.2. The van der Waals surface area contributed by atoms with E-state index < -0.39 is 0 Å². The Hall–Kier alpha value is -0.860. The van der Waals surface area contributed by atoms with Gasteiger partial charge in [-0.3, -0.25) is 4.90 Å². The quantitative estimate of drug-likeness (QED) is 0.894. The van der Waals surface area contributed by atoms with E-state index in [1.807, 2.05) is 0 Å². The lowest BCUT2D eigenvalue weighted by Gasteiger charge is -2.49. The molecular weight excluding hydrogens is 256 g/mol. The van der Waals surface area contributed by atoms with Crippen LogP contribution >= 0.6 is 0 Å². The summed E-state index contributed by atoms with van der Waals surface area (Å²) in [6.45, 7) is 6.20. The lowest BCUT2D eigenvalue weighted by molar-refractivity contribution is 0.0315. The van der Waals surface area contributed by atoms with Crippen LogP contribution in [-0.2, 0) is 6.42 Å². The number of benzene rings is 1. The molecule has 2 atom stereocenters. The Bertz CT molecular complexity index is 478. The second kappa shape index (κ2) is 5.40. The Kier molecular flexibility index (Phi) is 3.55. The first-order chi connectivity index (χ1) is 10.3. The Labute approximate surface area is 128 Å². The van der Waals surface area contributed by atoms with Crippen molar-refractivity contribution in [2.75, 3.05) is 19.6 Å². The first-order valence-electron chi connectivity index (χ1n) is 8.78. The van der Waals surface area contributed by atoms with E-state index in [2.05, 4.69) is 47.5 Å². The van der Waals surface area contributed by atoms with Crippen LogP contribution in [0.3, 0.4) is 0 Å². The first kappa shape index (κ1) is 13.8. The van der Waals surface area contributed by atoms with Crippen LogP contribution in [0.2, 0.25) is 0 Å². The summed E-state index contributed by atoms with van der Waals surface area (Å²) in [4.78, 5) is 2.83. The fourth-order valence-corrected chi connectivity index (χ4v) is 4.14. The fraction of sp³-hybridized carbons (Fsp3) is 0.684. The van der Waals surface area contributed by atoms with Gasteiger partial charge in [-0.1, -0.05) is 30.3 Å². The van der Waals surface area contributed by atoms with Crippen LogP contribution < -0.4 is 5.32 Å². The van der Waals surface area contributed by atoms with Gasteiger partial charge in [0.2, 0.25) is 0 Å². The van der Waals surface area contributed by atoms with Gasteiger partial charge in [0, 0.05) is 31.2 Å². The Morgan fingerprint density at radius 3 is 2.57 bits per heavy atom. The average molecular weight is 284 g/mol. The van der Waals surface area contributed by atoms with E-state index in [0.29, 0.717) is 5.54 Å². The smallest absolute Gasteiger partial charge is 0.0334 e. The molecule has 2 aliphatic carbocycles. The molecule has 0 radical (unpaired) electrons. The van der Waals surface area contributed by atoms with E-state index in [1.165, 1.54) is 57.3 Å². The topological polar surface area (TPSA) is 15.3 Å². The fourth-order valence-electron chi connectivity index (χ4n) is 4.14. The normalized spacial score (nSPS) is 34.0. The summed E-state index contributed by atoms with van der Waals surface area (Å²) in [6.07, 6.45) is 6.97. The van der Waals surface area contributed by atoms with Gasteiger partial charge in [-0.25, -0.2) is 0 Å². The summed E-state index contributed by atoms with van der Waals surface area (Å²) in [5.41, 5.74) is 1.89. The maximum absolute atomic E-state index is 3.88. The number of piperazine rings is 1. The van der Waals surface area contributed by atoms with Crippen molar-refractivity contribution in [3.8, 4) is 0 Å². The van der Waals surface area contributed by atoms with Crippen molar-refractivity contribution in [2.24, 2.45) is 11.8 Å². The van der Waals surface area contributed by atoms with Crippen molar-refractivity contribution in [1.29, 1.82) is 0 Å². The van der Waals surface area contributed by atoms with Crippen LogP contribution in [0, 0.1) is 11.8 Å². The lowest BCUT2D eigenvalue weighted by Crippen LogP contribution is -2.65. The molecule has 3 aliphatic rings. The minimum absolute atomic E-state index is 0.403. The van der Waals surface area contributed by atoms with Crippen LogP contribution in [0.15, 0.2) is 30.3 Å². The van der Waals surface area contributed by atoms with E-state index in [1.54, 1.807) is 0 Å². The van der Waals surface area contributed by atoms with Crippen LogP contribution in [0.1, 0.15) is 38.2 Å². The van der Waals surface area contributed by atoms with Gasteiger partial charge in [0.1, 0.15) is 0 Å². The van der Waals surface area contributed by atoms with Crippen molar-refractivity contribution in [3.05, 3.63) is 35.9 Å². The van der Waals surface area contributed by atoms with Gasteiger partial charge < -0.3 is 5.32 Å². The van der Waals surface area contributed by atoms with Gasteiger partial charge in [-0.15, -0.1) is 0 Å². The van der Waals surface area contributed by atoms with Crippen LogP contribution in [-0.4, -0.2) is 36.1 Å². The summed E-state index contributed by atoms with van der Waals surface area (Å²) in [5, 5.41) is 3.88. The number of nitrogens with zero attached hydrogens (tertiary/aromatic N) is 1. The van der Waals surface area contributed by atoms with Crippen LogP contribution in [0.25, 0.3) is 0 Å². The third-order valence-electron chi connectivity index (χ3n) is 6.02. The molecule has 1 saturated heterocycles. The zero-order valence-corrected chi connectivity index (χ0v) is 13.2. The van der Waals surface area contributed by atoms with E-state index in [9.17, 15) is 0 Å². The molecule has 2 nitrogen and oxygen atoms in total. The third kappa shape index (κ3) is 2.89. The van der Waals surface area contributed by atoms with Crippen molar-refractivity contribution in [1.82, 2.24) is 10.2 Å². The monoisotopic (exact) mass is 284 g/mol. The lowest BCUT2D eigenvalue weighted by atomic mass is 9.88. The second-order valence-electron chi connectivity index (χ2n) is 7.64. The highest BCUT2D eigenvalue weighted by Gasteiger charge is 2.49. The minimum atomic E-state index is 0.403. The molecule has 1 aliphatic heterocycles. The molecule has 1 N–H and O–H groups in total. The molecule has 2 saturated carbocycles. The molecule has 1 aromatic rings. The Balaban J connectivity index is 1.44. The summed E-state index contributed by atoms with van der Waals surface area (Å²) >= 11 is 0. The largest absolute Gasteiger partial charge is 0.311 e. The molecule has 0 spiro atoms. The number of hydrogen-bond donors (Lipinski definition) is 1. The molecule has 2 unspecified atom stereocenters. The summed E-state index contributed by atoms with van der Waals surface area (Å²) in [7, 11) is 0. The van der Waals surface area contributed by atoms with Crippen LogP contribution in [0.4, 0.5) is 0 Å². The van der Waals surface area contributed by atoms with Gasteiger partial charge in [-0.05, 0) is 56.4 Å². The molecule has 2 heteroatoms. The molecule has 3 fully saturated rings. The molecule has 0 amide bonds. The minimum Gasteiger partial charge on any atom is -0.311 e. The highest BCUT2D eigenvalue weighted by molar-refractivity contribution is 5.15. The standard InChI is InChI=1S/C19H28N2/c1-19(17-9-10-17)14-20-18(16-7-8-16)13-21(19)12-11-15-5-3-2-4-6-15/h2-6,16-18,20H,7-14H2,1H3. The van der Waals surface area contributed by atoms with Gasteiger partial charge in [0.05, 0.1) is 0 Å². The van der Waals surface area contributed by atoms with Gasteiger partial charge in [-0.2, -0.15) is 0 Å². The van der Waals surface area contributed by atoms with Gasteiger partial charge in [0.25, 0.3) is 0 Å². The zero-order chi connectivity index (χ0) is 14.3. The van der Waals surface area contributed by atoms with E-state index in [-0.39, 0.29) is 0 Å². The van der Waals surface area contributed by atoms with E-state index in [4.69, 9.17) is 0 Å². The molecule has 21 heavy (non-hydrogen) atoms. The van der Waals surface area contributed by atoms with Crippen molar-refractivity contribution >= 4 is 0 Å². The SMILES string of the molecule is CC1(C2CC2)CNC(C2CC2)CN1CCc1ccccc1. The second-order valence-corrected chi connectivity index (χ2v) is 7.64. The maximum Gasteiger partial charge on any atom is 0.0334 e.